The Labute approximate surface area is 100 Å². The van der Waals surface area contributed by atoms with Crippen molar-refractivity contribution in [3.8, 4) is 0 Å². The SMILES string of the molecule is C[C@@H]1C[C@H]1NC(=O)NC[C@](C)(O)c1ccco1. The average molecular weight is 238 g/mol. The lowest BCUT2D eigenvalue weighted by atomic mass is 10.0. The summed E-state index contributed by atoms with van der Waals surface area (Å²) in [6.07, 6.45) is 2.53. The third-order valence-electron chi connectivity index (χ3n) is 3.07. The molecule has 1 saturated carbocycles. The number of carbonyl (C=O) groups is 1. The predicted molar refractivity (Wildman–Crippen MR) is 62.4 cm³/mol. The lowest BCUT2D eigenvalue weighted by Gasteiger charge is -2.21. The van der Waals surface area contributed by atoms with E-state index in [2.05, 4.69) is 17.6 Å². The summed E-state index contributed by atoms with van der Waals surface area (Å²) >= 11 is 0. The van der Waals surface area contributed by atoms with E-state index in [9.17, 15) is 9.90 Å². The van der Waals surface area contributed by atoms with Crippen molar-refractivity contribution < 1.29 is 14.3 Å². The molecule has 0 bridgehead atoms. The molecule has 1 fully saturated rings. The van der Waals surface area contributed by atoms with E-state index < -0.39 is 5.60 Å². The van der Waals surface area contributed by atoms with E-state index >= 15 is 0 Å². The van der Waals surface area contributed by atoms with Gasteiger partial charge in [-0.2, -0.15) is 0 Å². The van der Waals surface area contributed by atoms with Gasteiger partial charge < -0.3 is 20.2 Å². The van der Waals surface area contributed by atoms with Crippen LogP contribution >= 0.6 is 0 Å². The highest BCUT2D eigenvalue weighted by molar-refractivity contribution is 5.74. The summed E-state index contributed by atoms with van der Waals surface area (Å²) in [5.74, 6) is 1.00. The number of nitrogens with one attached hydrogen (secondary N) is 2. The van der Waals surface area contributed by atoms with Crippen LogP contribution in [0.4, 0.5) is 4.79 Å². The number of urea groups is 1. The van der Waals surface area contributed by atoms with Crippen LogP contribution in [-0.4, -0.2) is 23.7 Å². The molecule has 0 aromatic carbocycles. The Morgan fingerprint density at radius 2 is 2.41 bits per heavy atom. The van der Waals surface area contributed by atoms with Crippen LogP contribution in [0.5, 0.6) is 0 Å². The smallest absolute Gasteiger partial charge is 0.315 e. The predicted octanol–water partition coefficient (Wildman–Crippen LogP) is 1.19. The molecule has 3 atom stereocenters. The molecule has 5 heteroatoms. The minimum atomic E-state index is -1.18. The van der Waals surface area contributed by atoms with E-state index in [-0.39, 0.29) is 18.6 Å². The zero-order valence-electron chi connectivity index (χ0n) is 10.1. The summed E-state index contributed by atoms with van der Waals surface area (Å²) in [6, 6.07) is 3.42. The fourth-order valence-corrected chi connectivity index (χ4v) is 1.67. The maximum absolute atomic E-state index is 11.5. The lowest BCUT2D eigenvalue weighted by molar-refractivity contribution is 0.0367. The molecule has 0 unspecified atom stereocenters. The van der Waals surface area contributed by atoms with Gasteiger partial charge in [0.15, 0.2) is 0 Å². The molecule has 1 heterocycles. The Morgan fingerprint density at radius 1 is 1.71 bits per heavy atom. The van der Waals surface area contributed by atoms with Crippen LogP contribution in [0.15, 0.2) is 22.8 Å². The second kappa shape index (κ2) is 4.41. The number of rotatable bonds is 4. The zero-order valence-corrected chi connectivity index (χ0v) is 10.1. The van der Waals surface area contributed by atoms with Crippen molar-refractivity contribution in [2.24, 2.45) is 5.92 Å². The summed E-state index contributed by atoms with van der Waals surface area (Å²) in [6.45, 7) is 3.81. The van der Waals surface area contributed by atoms with E-state index in [1.165, 1.54) is 6.26 Å². The van der Waals surface area contributed by atoms with Gasteiger partial charge in [0.25, 0.3) is 0 Å². The largest absolute Gasteiger partial charge is 0.466 e. The first-order chi connectivity index (χ1) is 7.99. The van der Waals surface area contributed by atoms with Crippen molar-refractivity contribution >= 4 is 6.03 Å². The van der Waals surface area contributed by atoms with Crippen LogP contribution in [0.3, 0.4) is 0 Å². The van der Waals surface area contributed by atoms with Crippen molar-refractivity contribution in [2.75, 3.05) is 6.54 Å². The number of hydrogen-bond acceptors (Lipinski definition) is 3. The molecular weight excluding hydrogens is 220 g/mol. The molecule has 1 aliphatic carbocycles. The highest BCUT2D eigenvalue weighted by Crippen LogP contribution is 2.28. The highest BCUT2D eigenvalue weighted by Gasteiger charge is 2.34. The molecule has 2 rings (SSSR count). The van der Waals surface area contributed by atoms with E-state index in [1.807, 2.05) is 0 Å². The maximum Gasteiger partial charge on any atom is 0.315 e. The molecule has 5 nitrogen and oxygen atoms in total. The van der Waals surface area contributed by atoms with E-state index in [4.69, 9.17) is 4.42 Å². The monoisotopic (exact) mass is 238 g/mol. The molecule has 17 heavy (non-hydrogen) atoms. The van der Waals surface area contributed by atoms with Gasteiger partial charge in [-0.25, -0.2) is 4.79 Å². The number of carbonyl (C=O) groups excluding carboxylic acids is 1. The van der Waals surface area contributed by atoms with E-state index in [1.54, 1.807) is 19.1 Å². The molecule has 0 saturated heterocycles. The topological polar surface area (TPSA) is 74.5 Å². The van der Waals surface area contributed by atoms with Gasteiger partial charge in [-0.1, -0.05) is 6.92 Å². The Bertz CT molecular complexity index is 386. The Morgan fingerprint density at radius 3 is 2.94 bits per heavy atom. The van der Waals surface area contributed by atoms with Crippen LogP contribution < -0.4 is 10.6 Å². The zero-order chi connectivity index (χ0) is 12.5. The van der Waals surface area contributed by atoms with Crippen LogP contribution in [0.25, 0.3) is 0 Å². The van der Waals surface area contributed by atoms with E-state index in [0.29, 0.717) is 11.7 Å². The minimum Gasteiger partial charge on any atom is -0.466 e. The van der Waals surface area contributed by atoms with Gasteiger partial charge in [-0.05, 0) is 31.4 Å². The first-order valence-electron chi connectivity index (χ1n) is 5.80. The standard InChI is InChI=1S/C12H18N2O3/c1-8-6-9(8)14-11(15)13-7-12(2,16)10-4-3-5-17-10/h3-5,8-9,16H,6-7H2,1-2H3,(H2,13,14,15)/t8-,9-,12+/m1/s1. The van der Waals surface area contributed by atoms with Gasteiger partial charge in [-0.3, -0.25) is 0 Å². The van der Waals surface area contributed by atoms with Crippen LogP contribution in [-0.2, 0) is 5.60 Å². The van der Waals surface area contributed by atoms with Gasteiger partial charge >= 0.3 is 6.03 Å². The van der Waals surface area contributed by atoms with Gasteiger partial charge in [0, 0.05) is 6.04 Å². The maximum atomic E-state index is 11.5. The number of amides is 2. The normalized spacial score (nSPS) is 26.1. The Hall–Kier alpha value is -1.49. The molecule has 1 aromatic heterocycles. The summed E-state index contributed by atoms with van der Waals surface area (Å²) in [5, 5.41) is 15.6. The minimum absolute atomic E-state index is 0.118. The van der Waals surface area contributed by atoms with E-state index in [0.717, 1.165) is 6.42 Å². The summed E-state index contributed by atoms with van der Waals surface area (Å²) in [5.41, 5.74) is -1.18. The average Bonchev–Trinajstić information content (AvgIpc) is 2.78. The van der Waals surface area contributed by atoms with Crippen molar-refractivity contribution in [3.63, 3.8) is 0 Å². The summed E-state index contributed by atoms with van der Waals surface area (Å²) in [7, 11) is 0. The quantitative estimate of drug-likeness (QED) is 0.737. The number of furan rings is 1. The highest BCUT2D eigenvalue weighted by atomic mass is 16.4. The molecule has 0 aliphatic heterocycles. The fourth-order valence-electron chi connectivity index (χ4n) is 1.67. The van der Waals surface area contributed by atoms with Crippen LogP contribution in [0.1, 0.15) is 26.0 Å². The summed E-state index contributed by atoms with van der Waals surface area (Å²) < 4.78 is 5.12. The van der Waals surface area contributed by atoms with Crippen molar-refractivity contribution in [3.05, 3.63) is 24.2 Å². The van der Waals surface area contributed by atoms with Gasteiger partial charge in [-0.15, -0.1) is 0 Å². The molecule has 3 N–H and O–H groups in total. The van der Waals surface area contributed by atoms with Gasteiger partial charge in [0.2, 0.25) is 0 Å². The third-order valence-corrected chi connectivity index (χ3v) is 3.07. The number of hydrogen-bond donors (Lipinski definition) is 3. The fraction of sp³-hybridized carbons (Fsp3) is 0.583. The second-order valence-electron chi connectivity index (χ2n) is 4.90. The molecular formula is C12H18N2O3. The van der Waals surface area contributed by atoms with Crippen molar-refractivity contribution in [1.29, 1.82) is 0 Å². The second-order valence-corrected chi connectivity index (χ2v) is 4.90. The Balaban J connectivity index is 1.79. The van der Waals surface area contributed by atoms with Gasteiger partial charge in [0.1, 0.15) is 11.4 Å². The van der Waals surface area contributed by atoms with Crippen molar-refractivity contribution in [2.45, 2.75) is 31.9 Å². The molecule has 1 aromatic rings. The molecule has 94 valence electrons. The van der Waals surface area contributed by atoms with Crippen LogP contribution in [0, 0.1) is 5.92 Å². The van der Waals surface area contributed by atoms with Crippen molar-refractivity contribution in [1.82, 2.24) is 10.6 Å². The first-order valence-corrected chi connectivity index (χ1v) is 5.80. The van der Waals surface area contributed by atoms with Gasteiger partial charge in [0.05, 0.1) is 12.8 Å². The van der Waals surface area contributed by atoms with Crippen LogP contribution in [0.2, 0.25) is 0 Å². The first kappa shape index (κ1) is 12.0. The Kier molecular flexibility index (Phi) is 3.11. The molecule has 0 radical (unpaired) electrons. The molecule has 2 amide bonds. The lowest BCUT2D eigenvalue weighted by Crippen LogP contribution is -2.44. The summed E-state index contributed by atoms with van der Waals surface area (Å²) in [4.78, 5) is 11.5. The molecule has 0 spiro atoms. The molecule has 1 aliphatic rings. The number of aliphatic hydroxyl groups is 1. The third kappa shape index (κ3) is 3.00.